The number of amides is 1. The van der Waals surface area contributed by atoms with Crippen LogP contribution >= 0.6 is 0 Å². The molecule has 1 aromatic rings. The Kier molecular flexibility index (Phi) is 4.33. The number of β-amino-alcohol motifs (C(OH)–C–C–N with tert-alkyl or cyclic N) is 1. The minimum atomic E-state index is -3.80. The summed E-state index contributed by atoms with van der Waals surface area (Å²) < 4.78 is 26.3. The molecule has 1 heterocycles. The van der Waals surface area contributed by atoms with E-state index in [1.54, 1.807) is 13.0 Å². The summed E-state index contributed by atoms with van der Waals surface area (Å²) in [4.78, 5) is 11.3. The Morgan fingerprint density at radius 2 is 2.10 bits per heavy atom. The van der Waals surface area contributed by atoms with Crippen LogP contribution in [0.1, 0.15) is 15.9 Å². The van der Waals surface area contributed by atoms with Gasteiger partial charge in [-0.05, 0) is 24.6 Å². The van der Waals surface area contributed by atoms with Crippen molar-refractivity contribution < 1.29 is 18.3 Å². The molecule has 0 spiro atoms. The molecule has 1 aliphatic rings. The van der Waals surface area contributed by atoms with E-state index >= 15 is 0 Å². The first-order valence-electron chi connectivity index (χ1n) is 6.52. The first kappa shape index (κ1) is 15.9. The Morgan fingerprint density at radius 1 is 1.43 bits per heavy atom. The van der Waals surface area contributed by atoms with Crippen LogP contribution in [0.25, 0.3) is 0 Å². The topological polar surface area (TPSA) is 113 Å². The van der Waals surface area contributed by atoms with E-state index < -0.39 is 28.1 Å². The van der Waals surface area contributed by atoms with Crippen molar-refractivity contribution in [1.82, 2.24) is 9.62 Å². The second-order valence-corrected chi connectivity index (χ2v) is 7.15. The van der Waals surface area contributed by atoms with Gasteiger partial charge in [-0.3, -0.25) is 4.79 Å². The SMILES string of the molecule is Cc1ccc(S(=O)(=O)N(C)[C@@H]2CNC[C@H]2O)cc1C(N)=O. The molecule has 0 saturated carbocycles. The van der Waals surface area contributed by atoms with Crippen LogP contribution in [0, 0.1) is 6.92 Å². The van der Waals surface area contributed by atoms with Crippen molar-refractivity contribution in [2.24, 2.45) is 5.73 Å². The average molecular weight is 313 g/mol. The number of carbonyl (C=O) groups is 1. The van der Waals surface area contributed by atoms with E-state index in [-0.39, 0.29) is 10.5 Å². The highest BCUT2D eigenvalue weighted by Crippen LogP contribution is 2.22. The van der Waals surface area contributed by atoms with E-state index in [0.29, 0.717) is 18.7 Å². The number of carbonyl (C=O) groups excluding carboxylic acids is 1. The van der Waals surface area contributed by atoms with Crippen molar-refractivity contribution in [3.63, 3.8) is 0 Å². The number of sulfonamides is 1. The fourth-order valence-electron chi connectivity index (χ4n) is 2.39. The molecule has 116 valence electrons. The van der Waals surface area contributed by atoms with Crippen molar-refractivity contribution in [2.45, 2.75) is 24.0 Å². The number of hydrogen-bond donors (Lipinski definition) is 3. The lowest BCUT2D eigenvalue weighted by molar-refractivity contribution is 0.0999. The predicted molar refractivity (Wildman–Crippen MR) is 77.3 cm³/mol. The van der Waals surface area contributed by atoms with Gasteiger partial charge in [0.25, 0.3) is 0 Å². The molecule has 0 aromatic heterocycles. The van der Waals surface area contributed by atoms with Gasteiger partial charge in [0.05, 0.1) is 17.0 Å². The number of likely N-dealkylation sites (N-methyl/N-ethyl adjacent to an activating group) is 1. The maximum atomic E-state index is 12.6. The summed E-state index contributed by atoms with van der Waals surface area (Å²) in [5.74, 6) is -0.672. The molecule has 1 saturated heterocycles. The number of primary amides is 1. The Balaban J connectivity index is 2.39. The van der Waals surface area contributed by atoms with Crippen LogP contribution in [0.4, 0.5) is 0 Å². The highest BCUT2D eigenvalue weighted by atomic mass is 32.2. The molecule has 2 rings (SSSR count). The fraction of sp³-hybridized carbons (Fsp3) is 0.462. The third-order valence-corrected chi connectivity index (χ3v) is 5.65. The standard InChI is InChI=1S/C13H19N3O4S/c1-8-3-4-9(5-10(8)13(14)18)21(19,20)16(2)11-6-15-7-12(11)17/h3-5,11-12,15,17H,6-7H2,1-2H3,(H2,14,18)/t11-,12-/m1/s1. The normalized spacial score (nSPS) is 22.7. The van der Waals surface area contributed by atoms with Gasteiger partial charge in [-0.15, -0.1) is 0 Å². The second-order valence-electron chi connectivity index (χ2n) is 5.16. The van der Waals surface area contributed by atoms with E-state index in [0.717, 1.165) is 4.31 Å². The molecule has 1 amide bonds. The summed E-state index contributed by atoms with van der Waals surface area (Å²) in [6, 6.07) is 3.72. The van der Waals surface area contributed by atoms with Gasteiger partial charge in [-0.2, -0.15) is 4.31 Å². The summed E-state index contributed by atoms with van der Waals surface area (Å²) in [6.45, 7) is 2.42. The molecule has 21 heavy (non-hydrogen) atoms. The lowest BCUT2D eigenvalue weighted by atomic mass is 10.1. The summed E-state index contributed by atoms with van der Waals surface area (Å²) in [5, 5.41) is 12.7. The van der Waals surface area contributed by atoms with Crippen LogP contribution in [-0.4, -0.2) is 56.0 Å². The van der Waals surface area contributed by atoms with Gasteiger partial charge in [-0.1, -0.05) is 6.07 Å². The molecule has 1 fully saturated rings. The molecule has 8 heteroatoms. The number of rotatable bonds is 4. The van der Waals surface area contributed by atoms with Crippen molar-refractivity contribution in [3.05, 3.63) is 29.3 Å². The average Bonchev–Trinajstić information content (AvgIpc) is 2.83. The van der Waals surface area contributed by atoms with E-state index in [1.165, 1.54) is 19.2 Å². The summed E-state index contributed by atoms with van der Waals surface area (Å²) in [5.41, 5.74) is 6.04. The molecule has 7 nitrogen and oxygen atoms in total. The van der Waals surface area contributed by atoms with Crippen LogP contribution in [0.2, 0.25) is 0 Å². The van der Waals surface area contributed by atoms with E-state index in [2.05, 4.69) is 5.32 Å². The molecule has 4 N–H and O–H groups in total. The smallest absolute Gasteiger partial charge is 0.249 e. The van der Waals surface area contributed by atoms with Crippen molar-refractivity contribution in [2.75, 3.05) is 20.1 Å². The first-order chi connectivity index (χ1) is 9.75. The Labute approximate surface area is 123 Å². The van der Waals surface area contributed by atoms with Gasteiger partial charge in [-0.25, -0.2) is 8.42 Å². The Morgan fingerprint density at radius 3 is 2.62 bits per heavy atom. The Hall–Kier alpha value is -1.48. The second kappa shape index (κ2) is 5.72. The van der Waals surface area contributed by atoms with Gasteiger partial charge >= 0.3 is 0 Å². The number of nitrogens with two attached hydrogens (primary N) is 1. The largest absolute Gasteiger partial charge is 0.390 e. The first-order valence-corrected chi connectivity index (χ1v) is 7.96. The molecule has 1 aromatic carbocycles. The number of benzene rings is 1. The highest BCUT2D eigenvalue weighted by molar-refractivity contribution is 7.89. The van der Waals surface area contributed by atoms with Gasteiger partial charge in [0.15, 0.2) is 0 Å². The van der Waals surface area contributed by atoms with Crippen molar-refractivity contribution in [1.29, 1.82) is 0 Å². The fourth-order valence-corrected chi connectivity index (χ4v) is 3.80. The number of aryl methyl sites for hydroxylation is 1. The van der Waals surface area contributed by atoms with Gasteiger partial charge < -0.3 is 16.2 Å². The molecule has 0 unspecified atom stereocenters. The molecule has 1 aliphatic heterocycles. The molecular weight excluding hydrogens is 294 g/mol. The van der Waals surface area contributed by atoms with Crippen molar-refractivity contribution in [3.8, 4) is 0 Å². The number of nitrogens with zero attached hydrogens (tertiary/aromatic N) is 1. The predicted octanol–water partition coefficient (Wildman–Crippen LogP) is -0.953. The number of aliphatic hydroxyl groups excluding tert-OH is 1. The number of aliphatic hydroxyl groups is 1. The third kappa shape index (κ3) is 2.93. The summed E-state index contributed by atoms with van der Waals surface area (Å²) in [6.07, 6.45) is -0.758. The minimum absolute atomic E-state index is 0.0106. The lowest BCUT2D eigenvalue weighted by Crippen LogP contribution is -2.44. The van der Waals surface area contributed by atoms with E-state index in [4.69, 9.17) is 5.73 Å². The molecule has 0 radical (unpaired) electrons. The Bertz CT molecular complexity index is 659. The lowest BCUT2D eigenvalue weighted by Gasteiger charge is -2.25. The van der Waals surface area contributed by atoms with Crippen LogP contribution in [-0.2, 0) is 10.0 Å². The zero-order valence-corrected chi connectivity index (χ0v) is 12.7. The molecule has 2 atom stereocenters. The van der Waals surface area contributed by atoms with Crippen molar-refractivity contribution >= 4 is 15.9 Å². The highest BCUT2D eigenvalue weighted by Gasteiger charge is 2.35. The van der Waals surface area contributed by atoms with Gasteiger partial charge in [0.2, 0.25) is 15.9 Å². The van der Waals surface area contributed by atoms with Gasteiger partial charge in [0.1, 0.15) is 0 Å². The summed E-state index contributed by atoms with van der Waals surface area (Å²) in [7, 11) is -2.39. The van der Waals surface area contributed by atoms with Crippen LogP contribution in [0.15, 0.2) is 23.1 Å². The maximum Gasteiger partial charge on any atom is 0.249 e. The van der Waals surface area contributed by atoms with Crippen LogP contribution in [0.5, 0.6) is 0 Å². The quantitative estimate of drug-likeness (QED) is 0.663. The minimum Gasteiger partial charge on any atom is -0.390 e. The number of hydrogen-bond acceptors (Lipinski definition) is 5. The third-order valence-electron chi connectivity index (χ3n) is 3.77. The maximum absolute atomic E-state index is 12.6. The molecular formula is C13H19N3O4S. The zero-order valence-electron chi connectivity index (χ0n) is 11.9. The molecule has 0 aliphatic carbocycles. The van der Waals surface area contributed by atoms with Crippen LogP contribution in [0.3, 0.4) is 0 Å². The monoisotopic (exact) mass is 313 g/mol. The molecule has 0 bridgehead atoms. The summed E-state index contributed by atoms with van der Waals surface area (Å²) >= 11 is 0. The van der Waals surface area contributed by atoms with E-state index in [9.17, 15) is 18.3 Å². The zero-order chi connectivity index (χ0) is 15.8. The van der Waals surface area contributed by atoms with Gasteiger partial charge in [0, 0.05) is 25.7 Å². The number of nitrogens with one attached hydrogen (secondary N) is 1. The van der Waals surface area contributed by atoms with Crippen LogP contribution < -0.4 is 11.1 Å². The van der Waals surface area contributed by atoms with E-state index in [1.807, 2.05) is 0 Å².